The van der Waals surface area contributed by atoms with Crippen LogP contribution in [0.15, 0.2) is 69.3 Å². The summed E-state index contributed by atoms with van der Waals surface area (Å²) in [6.07, 6.45) is 0. The summed E-state index contributed by atoms with van der Waals surface area (Å²) in [5.41, 5.74) is 4.41. The maximum Gasteiger partial charge on any atom is 0.202 e. The molecular formula is C18H16BrN5O2S. The van der Waals surface area contributed by atoms with Crippen LogP contribution in [0.25, 0.3) is 5.69 Å². The molecule has 1 heterocycles. The molecule has 9 heteroatoms. The fraction of sp³-hybridized carbons (Fsp3) is 0.111. The standard InChI is InChI=1S/C18H16BrN5O2S/c1-12(26)17(22-20-14-9-7-13(19)8-10-14)27-18-23-21-16(11-25)24(18)15-5-3-2-4-6-15/h2-10,20,25H,11H2,1H3/b22-17+. The molecule has 138 valence electrons. The second-order valence-corrected chi connectivity index (χ2v) is 7.29. The molecule has 3 rings (SSSR count). The van der Waals surface area contributed by atoms with Crippen molar-refractivity contribution in [3.8, 4) is 5.69 Å². The lowest BCUT2D eigenvalue weighted by molar-refractivity contribution is -0.110. The molecule has 1 aromatic heterocycles. The van der Waals surface area contributed by atoms with Crippen molar-refractivity contribution in [2.45, 2.75) is 18.7 Å². The SMILES string of the molecule is CC(=O)/C(=N\Nc1ccc(Br)cc1)Sc1nnc(CO)n1-c1ccccc1. The number of aliphatic hydroxyl groups is 1. The molecule has 0 aliphatic rings. The Kier molecular flexibility index (Phi) is 6.38. The van der Waals surface area contributed by atoms with Gasteiger partial charge in [0.15, 0.2) is 16.7 Å². The number of ketones is 1. The number of aromatic nitrogens is 3. The third-order valence-electron chi connectivity index (χ3n) is 3.48. The zero-order valence-corrected chi connectivity index (χ0v) is 16.7. The number of hydrogen-bond donors (Lipinski definition) is 2. The maximum absolute atomic E-state index is 12.0. The Morgan fingerprint density at radius 2 is 1.89 bits per heavy atom. The first-order valence-corrected chi connectivity index (χ1v) is 9.58. The lowest BCUT2D eigenvalue weighted by Crippen LogP contribution is -2.10. The molecule has 0 aliphatic carbocycles. The molecule has 27 heavy (non-hydrogen) atoms. The van der Waals surface area contributed by atoms with E-state index in [9.17, 15) is 9.90 Å². The van der Waals surface area contributed by atoms with E-state index in [0.29, 0.717) is 11.0 Å². The summed E-state index contributed by atoms with van der Waals surface area (Å²) in [6, 6.07) is 16.8. The number of carbonyl (C=O) groups is 1. The van der Waals surface area contributed by atoms with E-state index < -0.39 is 0 Å². The number of anilines is 1. The van der Waals surface area contributed by atoms with Gasteiger partial charge < -0.3 is 5.11 Å². The normalized spacial score (nSPS) is 11.4. The van der Waals surface area contributed by atoms with Crippen molar-refractivity contribution in [2.75, 3.05) is 5.43 Å². The fourth-order valence-corrected chi connectivity index (χ4v) is 3.26. The van der Waals surface area contributed by atoms with Gasteiger partial charge in [-0.3, -0.25) is 14.8 Å². The van der Waals surface area contributed by atoms with Gasteiger partial charge in [0.05, 0.1) is 5.69 Å². The van der Waals surface area contributed by atoms with Crippen LogP contribution in [0.2, 0.25) is 0 Å². The number of nitrogens with one attached hydrogen (secondary N) is 1. The lowest BCUT2D eigenvalue weighted by atomic mass is 10.3. The van der Waals surface area contributed by atoms with Crippen molar-refractivity contribution in [1.82, 2.24) is 14.8 Å². The van der Waals surface area contributed by atoms with Crippen LogP contribution in [0.4, 0.5) is 5.69 Å². The molecule has 0 unspecified atom stereocenters. The van der Waals surface area contributed by atoms with Crippen LogP contribution in [-0.2, 0) is 11.4 Å². The Labute approximate surface area is 168 Å². The summed E-state index contributed by atoms with van der Waals surface area (Å²) < 4.78 is 2.65. The molecule has 0 radical (unpaired) electrons. The van der Waals surface area contributed by atoms with Crippen molar-refractivity contribution >= 4 is 44.2 Å². The molecule has 2 N–H and O–H groups in total. The van der Waals surface area contributed by atoms with Gasteiger partial charge in [0.25, 0.3) is 0 Å². The summed E-state index contributed by atoms with van der Waals surface area (Å²) in [6.45, 7) is 1.16. The third-order valence-corrected chi connectivity index (χ3v) is 5.02. The highest BCUT2D eigenvalue weighted by Gasteiger charge is 2.18. The van der Waals surface area contributed by atoms with Gasteiger partial charge in [-0.1, -0.05) is 34.1 Å². The lowest BCUT2D eigenvalue weighted by Gasteiger charge is -2.09. The predicted octanol–water partition coefficient (Wildman–Crippen LogP) is 3.63. The minimum atomic E-state index is -0.272. The van der Waals surface area contributed by atoms with E-state index in [2.05, 4.69) is 36.7 Å². The number of thioether (sulfide) groups is 1. The molecule has 0 atom stereocenters. The molecule has 0 fully saturated rings. The Bertz CT molecular complexity index is 958. The number of Topliss-reactive ketones (excluding diaryl/α,β-unsaturated/α-hetero) is 1. The van der Waals surface area contributed by atoms with Crippen LogP contribution >= 0.6 is 27.7 Å². The zero-order chi connectivity index (χ0) is 19.2. The minimum Gasteiger partial charge on any atom is -0.388 e. The molecular weight excluding hydrogens is 430 g/mol. The van der Waals surface area contributed by atoms with E-state index in [4.69, 9.17) is 0 Å². The summed E-state index contributed by atoms with van der Waals surface area (Å²) in [7, 11) is 0. The molecule has 0 bridgehead atoms. The number of nitrogens with zero attached hydrogens (tertiary/aromatic N) is 4. The van der Waals surface area contributed by atoms with Crippen LogP contribution < -0.4 is 5.43 Å². The zero-order valence-electron chi connectivity index (χ0n) is 14.3. The number of carbonyl (C=O) groups excluding carboxylic acids is 1. The van der Waals surface area contributed by atoms with E-state index in [1.165, 1.54) is 6.92 Å². The van der Waals surface area contributed by atoms with Gasteiger partial charge in [-0.05, 0) is 48.2 Å². The molecule has 0 amide bonds. The van der Waals surface area contributed by atoms with Gasteiger partial charge in [-0.2, -0.15) is 5.10 Å². The van der Waals surface area contributed by atoms with Crippen molar-refractivity contribution in [1.29, 1.82) is 0 Å². The average Bonchev–Trinajstić information content (AvgIpc) is 3.09. The van der Waals surface area contributed by atoms with E-state index in [-0.39, 0.29) is 17.4 Å². The second-order valence-electron chi connectivity index (χ2n) is 5.42. The number of hydrazone groups is 1. The van der Waals surface area contributed by atoms with E-state index in [0.717, 1.165) is 27.6 Å². The molecule has 0 saturated carbocycles. The molecule has 7 nitrogen and oxygen atoms in total. The number of benzene rings is 2. The highest BCUT2D eigenvalue weighted by atomic mass is 79.9. The van der Waals surface area contributed by atoms with Crippen molar-refractivity contribution < 1.29 is 9.90 Å². The Morgan fingerprint density at radius 1 is 1.19 bits per heavy atom. The first-order chi connectivity index (χ1) is 13.1. The van der Waals surface area contributed by atoms with Crippen LogP contribution in [0.1, 0.15) is 12.7 Å². The Balaban J connectivity index is 1.89. The van der Waals surface area contributed by atoms with Gasteiger partial charge in [-0.15, -0.1) is 10.2 Å². The van der Waals surface area contributed by atoms with Crippen LogP contribution in [0.5, 0.6) is 0 Å². The monoisotopic (exact) mass is 445 g/mol. The minimum absolute atomic E-state index is 0.210. The van der Waals surface area contributed by atoms with E-state index >= 15 is 0 Å². The smallest absolute Gasteiger partial charge is 0.202 e. The van der Waals surface area contributed by atoms with E-state index in [1.54, 1.807) is 4.57 Å². The van der Waals surface area contributed by atoms with E-state index in [1.807, 2.05) is 54.6 Å². The molecule has 0 aliphatic heterocycles. The number of halogens is 1. The number of rotatable bonds is 6. The summed E-state index contributed by atoms with van der Waals surface area (Å²) >= 11 is 4.46. The number of aliphatic hydroxyl groups excluding tert-OH is 1. The molecule has 0 saturated heterocycles. The first-order valence-electron chi connectivity index (χ1n) is 7.97. The van der Waals surface area contributed by atoms with Crippen molar-refractivity contribution in [2.24, 2.45) is 5.10 Å². The van der Waals surface area contributed by atoms with Crippen LogP contribution in [0, 0.1) is 0 Å². The Morgan fingerprint density at radius 3 is 2.52 bits per heavy atom. The van der Waals surface area contributed by atoms with Gasteiger partial charge >= 0.3 is 0 Å². The first kappa shape index (κ1) is 19.3. The highest BCUT2D eigenvalue weighted by Crippen LogP contribution is 2.24. The maximum atomic E-state index is 12.0. The predicted molar refractivity (Wildman–Crippen MR) is 109 cm³/mol. The number of hydrogen-bond acceptors (Lipinski definition) is 7. The van der Waals surface area contributed by atoms with Crippen molar-refractivity contribution in [3.63, 3.8) is 0 Å². The van der Waals surface area contributed by atoms with Gasteiger partial charge in [-0.25, -0.2) is 0 Å². The summed E-state index contributed by atoms with van der Waals surface area (Å²) in [4.78, 5) is 12.0. The summed E-state index contributed by atoms with van der Waals surface area (Å²) in [5, 5.41) is 22.5. The molecule has 3 aromatic rings. The molecule has 0 spiro atoms. The highest BCUT2D eigenvalue weighted by molar-refractivity contribution is 9.10. The largest absolute Gasteiger partial charge is 0.388 e. The second kappa shape index (κ2) is 8.94. The van der Waals surface area contributed by atoms with Crippen molar-refractivity contribution in [3.05, 3.63) is 64.9 Å². The molecule has 2 aromatic carbocycles. The topological polar surface area (TPSA) is 92.4 Å². The Hall–Kier alpha value is -2.49. The third kappa shape index (κ3) is 4.82. The average molecular weight is 446 g/mol. The van der Waals surface area contributed by atoms with Crippen LogP contribution in [-0.4, -0.2) is 30.7 Å². The number of para-hydroxylation sites is 1. The fourth-order valence-electron chi connectivity index (χ4n) is 2.20. The van der Waals surface area contributed by atoms with Crippen LogP contribution in [0.3, 0.4) is 0 Å². The van der Waals surface area contributed by atoms with Gasteiger partial charge in [0, 0.05) is 17.1 Å². The quantitative estimate of drug-likeness (QED) is 0.260. The van der Waals surface area contributed by atoms with Gasteiger partial charge in [0.1, 0.15) is 6.61 Å². The summed E-state index contributed by atoms with van der Waals surface area (Å²) in [5.74, 6) is 0.172. The van der Waals surface area contributed by atoms with Gasteiger partial charge in [0.2, 0.25) is 5.16 Å².